The summed E-state index contributed by atoms with van der Waals surface area (Å²) in [5, 5.41) is 0. The van der Waals surface area contributed by atoms with Gasteiger partial charge >= 0.3 is 0 Å². The quantitative estimate of drug-likeness (QED) is 0.0825. The summed E-state index contributed by atoms with van der Waals surface area (Å²) in [5.41, 5.74) is 0. The third-order valence-electron chi connectivity index (χ3n) is 5.95. The summed E-state index contributed by atoms with van der Waals surface area (Å²) in [6.07, 6.45) is 30.9. The highest BCUT2D eigenvalue weighted by molar-refractivity contribution is 14.1. The first-order chi connectivity index (χ1) is 12.8. The van der Waals surface area contributed by atoms with Gasteiger partial charge in [0.25, 0.3) is 0 Å². The molecule has 1 heteroatoms. The Labute approximate surface area is 181 Å². The lowest BCUT2D eigenvalue weighted by atomic mass is 9.92. The molecule has 0 aromatic carbocycles. The van der Waals surface area contributed by atoms with E-state index in [-0.39, 0.29) is 0 Å². The highest BCUT2D eigenvalue weighted by atomic mass is 127. The number of unbranched alkanes of at least 4 members (excludes halogenated alkanes) is 16. The fourth-order valence-corrected chi connectivity index (χ4v) is 4.96. The summed E-state index contributed by atoms with van der Waals surface area (Å²) in [5.74, 6) is 1.03. The van der Waals surface area contributed by atoms with Gasteiger partial charge in [0.2, 0.25) is 0 Å². The van der Waals surface area contributed by atoms with E-state index in [1.54, 1.807) is 0 Å². The van der Waals surface area contributed by atoms with Crippen LogP contribution < -0.4 is 0 Å². The van der Waals surface area contributed by atoms with E-state index in [2.05, 4.69) is 36.4 Å². The summed E-state index contributed by atoms with van der Waals surface area (Å²) < 4.78 is 1.36. The summed E-state index contributed by atoms with van der Waals surface area (Å²) in [7, 11) is 0. The van der Waals surface area contributed by atoms with Gasteiger partial charge in [0.15, 0.2) is 0 Å². The predicted molar refractivity (Wildman–Crippen MR) is 131 cm³/mol. The Morgan fingerprint density at radius 2 is 0.731 bits per heavy atom. The number of rotatable bonds is 22. The van der Waals surface area contributed by atoms with E-state index >= 15 is 0 Å². The van der Waals surface area contributed by atoms with Crippen molar-refractivity contribution in [1.29, 1.82) is 0 Å². The first-order valence-electron chi connectivity index (χ1n) is 12.4. The van der Waals surface area contributed by atoms with Crippen molar-refractivity contribution in [3.63, 3.8) is 0 Å². The van der Waals surface area contributed by atoms with E-state index in [9.17, 15) is 0 Å². The van der Waals surface area contributed by atoms with Crippen molar-refractivity contribution in [2.24, 2.45) is 5.92 Å². The van der Waals surface area contributed by atoms with Gasteiger partial charge in [-0.2, -0.15) is 0 Å². The topological polar surface area (TPSA) is 0 Å². The molecule has 26 heavy (non-hydrogen) atoms. The molecule has 0 saturated heterocycles. The lowest BCUT2D eigenvalue weighted by molar-refractivity contribution is 0.396. The van der Waals surface area contributed by atoms with Gasteiger partial charge < -0.3 is 0 Å². The molecule has 158 valence electrons. The lowest BCUT2D eigenvalue weighted by Crippen LogP contribution is -2.02. The molecule has 0 N–H and O–H groups in total. The number of halogens is 1. The van der Waals surface area contributed by atoms with Crippen molar-refractivity contribution in [2.75, 3.05) is 4.43 Å². The molecular formula is C25H51I. The number of hydrogen-bond acceptors (Lipinski definition) is 0. The normalized spacial score (nSPS) is 12.6. The van der Waals surface area contributed by atoms with Crippen LogP contribution in [-0.2, 0) is 0 Å². The maximum Gasteiger partial charge on any atom is -0.000209 e. The monoisotopic (exact) mass is 478 g/mol. The zero-order chi connectivity index (χ0) is 19.1. The standard InChI is InChI=1S/C25H51I/c1-3-5-7-9-11-13-14-16-18-20-22-25(23-24-26)21-19-17-15-12-10-8-6-4-2/h25H,3-24H2,1-2H3. The third kappa shape index (κ3) is 21.0. The fraction of sp³-hybridized carbons (Fsp3) is 1.00. The smallest absolute Gasteiger partial charge is 0.000209 e. The number of alkyl halides is 1. The third-order valence-corrected chi connectivity index (χ3v) is 6.57. The van der Waals surface area contributed by atoms with Crippen molar-refractivity contribution in [3.05, 3.63) is 0 Å². The molecule has 0 nitrogen and oxygen atoms in total. The minimum Gasteiger partial charge on any atom is -0.0864 e. The summed E-state index contributed by atoms with van der Waals surface area (Å²) in [6, 6.07) is 0. The molecule has 0 heterocycles. The van der Waals surface area contributed by atoms with E-state index in [1.165, 1.54) is 139 Å². The average molecular weight is 479 g/mol. The highest BCUT2D eigenvalue weighted by Crippen LogP contribution is 2.23. The van der Waals surface area contributed by atoms with Gasteiger partial charge in [0.1, 0.15) is 0 Å². The van der Waals surface area contributed by atoms with Gasteiger partial charge in [0.05, 0.1) is 0 Å². The van der Waals surface area contributed by atoms with Crippen LogP contribution in [0, 0.1) is 5.92 Å². The maximum absolute atomic E-state index is 2.58. The highest BCUT2D eigenvalue weighted by Gasteiger charge is 2.07. The van der Waals surface area contributed by atoms with Crippen molar-refractivity contribution in [2.45, 2.75) is 149 Å². The molecule has 0 aliphatic carbocycles. The molecule has 0 bridgehead atoms. The molecule has 0 amide bonds. The minimum atomic E-state index is 1.03. The summed E-state index contributed by atoms with van der Waals surface area (Å²) >= 11 is 2.58. The van der Waals surface area contributed by atoms with Gasteiger partial charge in [-0.05, 0) is 16.8 Å². The zero-order valence-electron chi connectivity index (χ0n) is 18.5. The van der Waals surface area contributed by atoms with E-state index < -0.39 is 0 Å². The molecule has 1 unspecified atom stereocenters. The van der Waals surface area contributed by atoms with Gasteiger partial charge in [-0.3, -0.25) is 0 Å². The molecule has 0 aromatic heterocycles. The van der Waals surface area contributed by atoms with Gasteiger partial charge in [0, 0.05) is 0 Å². The van der Waals surface area contributed by atoms with Gasteiger partial charge in [-0.15, -0.1) is 0 Å². The van der Waals surface area contributed by atoms with Gasteiger partial charge in [-0.1, -0.05) is 165 Å². The van der Waals surface area contributed by atoms with Gasteiger partial charge in [-0.25, -0.2) is 0 Å². The molecule has 1 atom stereocenters. The van der Waals surface area contributed by atoms with Crippen molar-refractivity contribution < 1.29 is 0 Å². The largest absolute Gasteiger partial charge is 0.0864 e. The fourth-order valence-electron chi connectivity index (χ4n) is 4.07. The molecule has 0 aromatic rings. The molecule has 0 rings (SSSR count). The molecular weight excluding hydrogens is 427 g/mol. The first kappa shape index (κ1) is 26.7. The molecule has 0 fully saturated rings. The van der Waals surface area contributed by atoms with Crippen LogP contribution in [0.1, 0.15) is 149 Å². The Hall–Kier alpha value is 0.730. The van der Waals surface area contributed by atoms with Crippen LogP contribution in [0.2, 0.25) is 0 Å². The van der Waals surface area contributed by atoms with Crippen molar-refractivity contribution in [1.82, 2.24) is 0 Å². The Kier molecular flexibility index (Phi) is 24.4. The Balaban J connectivity index is 3.41. The second-order valence-electron chi connectivity index (χ2n) is 8.58. The lowest BCUT2D eigenvalue weighted by Gasteiger charge is -2.15. The molecule has 0 saturated carbocycles. The molecule has 0 aliphatic rings. The van der Waals surface area contributed by atoms with Crippen LogP contribution in [0.15, 0.2) is 0 Å². The van der Waals surface area contributed by atoms with Crippen molar-refractivity contribution in [3.8, 4) is 0 Å². The second kappa shape index (κ2) is 23.8. The van der Waals surface area contributed by atoms with E-state index in [4.69, 9.17) is 0 Å². The second-order valence-corrected chi connectivity index (χ2v) is 9.66. The maximum atomic E-state index is 2.58. The average Bonchev–Trinajstić information content (AvgIpc) is 2.65. The Morgan fingerprint density at radius 1 is 0.423 bits per heavy atom. The van der Waals surface area contributed by atoms with Crippen LogP contribution >= 0.6 is 22.6 Å². The summed E-state index contributed by atoms with van der Waals surface area (Å²) in [6.45, 7) is 4.61. The molecule has 0 aliphatic heterocycles. The van der Waals surface area contributed by atoms with E-state index in [1.807, 2.05) is 0 Å². The van der Waals surface area contributed by atoms with Crippen LogP contribution in [0.3, 0.4) is 0 Å². The SMILES string of the molecule is CCCCCCCCCCCCC(CCI)CCCCCCCCCC. The summed E-state index contributed by atoms with van der Waals surface area (Å²) in [4.78, 5) is 0. The van der Waals surface area contributed by atoms with E-state index in [0.29, 0.717) is 0 Å². The minimum absolute atomic E-state index is 1.03. The molecule has 0 radical (unpaired) electrons. The zero-order valence-corrected chi connectivity index (χ0v) is 20.7. The van der Waals surface area contributed by atoms with Crippen LogP contribution in [0.5, 0.6) is 0 Å². The van der Waals surface area contributed by atoms with Crippen LogP contribution in [0.4, 0.5) is 0 Å². The predicted octanol–water partition coefficient (Wildman–Crippen LogP) is 10.3. The van der Waals surface area contributed by atoms with Crippen molar-refractivity contribution >= 4 is 22.6 Å². The van der Waals surface area contributed by atoms with Crippen LogP contribution in [0.25, 0.3) is 0 Å². The Morgan fingerprint density at radius 3 is 1.04 bits per heavy atom. The number of hydrogen-bond donors (Lipinski definition) is 0. The molecule has 0 spiro atoms. The van der Waals surface area contributed by atoms with E-state index in [0.717, 1.165) is 5.92 Å². The van der Waals surface area contributed by atoms with Crippen LogP contribution in [-0.4, -0.2) is 4.43 Å². The first-order valence-corrected chi connectivity index (χ1v) is 13.9. The Bertz CT molecular complexity index is 238.